The molecule has 3 heterocycles. The third kappa shape index (κ3) is 5.27. The van der Waals surface area contributed by atoms with E-state index in [-0.39, 0.29) is 30.0 Å². The first-order valence-electron chi connectivity index (χ1n) is 13.3. The van der Waals surface area contributed by atoms with Crippen molar-refractivity contribution in [1.82, 2.24) is 19.8 Å². The summed E-state index contributed by atoms with van der Waals surface area (Å²) >= 11 is 5.80. The van der Waals surface area contributed by atoms with Crippen LogP contribution in [-0.2, 0) is 4.79 Å². The van der Waals surface area contributed by atoms with Gasteiger partial charge in [0.25, 0.3) is 0 Å². The van der Waals surface area contributed by atoms with Gasteiger partial charge < -0.3 is 25.2 Å². The van der Waals surface area contributed by atoms with E-state index in [2.05, 4.69) is 15.6 Å². The van der Waals surface area contributed by atoms with E-state index in [9.17, 15) is 14.7 Å². The van der Waals surface area contributed by atoms with Crippen molar-refractivity contribution in [3.05, 3.63) is 126 Å². The Morgan fingerprint density at radius 2 is 1.71 bits per heavy atom. The number of hydrogen-bond acceptors (Lipinski definition) is 4. The van der Waals surface area contributed by atoms with Gasteiger partial charge in [0, 0.05) is 47.8 Å². The van der Waals surface area contributed by atoms with Crippen LogP contribution in [0.5, 0.6) is 0 Å². The smallest absolute Gasteiger partial charge is 0.335 e. The highest BCUT2D eigenvalue weighted by atomic mass is 32.1. The van der Waals surface area contributed by atoms with Crippen LogP contribution in [0.15, 0.2) is 109 Å². The van der Waals surface area contributed by atoms with E-state index < -0.39 is 5.97 Å². The molecule has 0 radical (unpaired) electrons. The van der Waals surface area contributed by atoms with Gasteiger partial charge in [0.05, 0.1) is 23.3 Å². The van der Waals surface area contributed by atoms with Crippen molar-refractivity contribution in [1.29, 1.82) is 0 Å². The first-order valence-corrected chi connectivity index (χ1v) is 13.7. The summed E-state index contributed by atoms with van der Waals surface area (Å²) in [5.41, 5.74) is 3.58. The van der Waals surface area contributed by atoms with Crippen molar-refractivity contribution in [2.75, 3.05) is 11.9 Å². The lowest BCUT2D eigenvalue weighted by molar-refractivity contribution is -0.116. The number of benzene rings is 3. The van der Waals surface area contributed by atoms with Crippen LogP contribution in [0.4, 0.5) is 5.69 Å². The van der Waals surface area contributed by atoms with Gasteiger partial charge in [-0.1, -0.05) is 42.5 Å². The third-order valence-corrected chi connectivity index (χ3v) is 7.67. The maximum Gasteiger partial charge on any atom is 0.335 e. The molecule has 1 fully saturated rings. The third-order valence-electron chi connectivity index (χ3n) is 7.32. The lowest BCUT2D eigenvalue weighted by Gasteiger charge is -2.29. The van der Waals surface area contributed by atoms with Gasteiger partial charge >= 0.3 is 5.97 Å². The number of anilines is 1. The Hall–Kier alpha value is -5.02. The van der Waals surface area contributed by atoms with Crippen LogP contribution in [-0.4, -0.2) is 43.1 Å². The van der Waals surface area contributed by atoms with E-state index in [4.69, 9.17) is 12.2 Å². The number of pyridine rings is 1. The molecule has 9 heteroatoms. The Balaban J connectivity index is 1.29. The molecule has 3 aromatic carbocycles. The quantitative estimate of drug-likeness (QED) is 0.208. The average molecular weight is 562 g/mol. The predicted octanol–water partition coefficient (Wildman–Crippen LogP) is 5.73. The number of aromatic nitrogens is 2. The van der Waals surface area contributed by atoms with Crippen LogP contribution in [0.25, 0.3) is 16.5 Å². The van der Waals surface area contributed by atoms with E-state index in [0.717, 1.165) is 33.5 Å². The highest BCUT2D eigenvalue weighted by Crippen LogP contribution is 2.39. The number of hydrogen-bond donors (Lipinski definition) is 3. The molecule has 1 aliphatic heterocycles. The number of thiocarbonyl (C=S) groups is 1. The summed E-state index contributed by atoms with van der Waals surface area (Å²) in [6, 6.07) is 29.8. The Morgan fingerprint density at radius 3 is 2.49 bits per heavy atom. The van der Waals surface area contributed by atoms with Gasteiger partial charge in [-0.25, -0.2) is 4.79 Å². The van der Waals surface area contributed by atoms with Crippen molar-refractivity contribution < 1.29 is 14.7 Å². The van der Waals surface area contributed by atoms with Crippen molar-refractivity contribution >= 4 is 45.7 Å². The van der Waals surface area contributed by atoms with E-state index >= 15 is 0 Å². The van der Waals surface area contributed by atoms with Crippen LogP contribution in [0.2, 0.25) is 0 Å². The second-order valence-electron chi connectivity index (χ2n) is 9.80. The number of carboxylic acids is 1. The average Bonchev–Trinajstić information content (AvgIpc) is 3.61. The number of carboxylic acid groups (broad SMARTS) is 1. The first kappa shape index (κ1) is 26.2. The Bertz CT molecular complexity index is 1730. The van der Waals surface area contributed by atoms with Crippen LogP contribution >= 0.6 is 12.2 Å². The zero-order chi connectivity index (χ0) is 28.3. The highest BCUT2D eigenvalue weighted by molar-refractivity contribution is 7.80. The van der Waals surface area contributed by atoms with Gasteiger partial charge in [0.2, 0.25) is 5.91 Å². The summed E-state index contributed by atoms with van der Waals surface area (Å²) in [7, 11) is 0. The van der Waals surface area contributed by atoms with Crippen molar-refractivity contribution in [3.8, 4) is 5.69 Å². The molecule has 2 atom stereocenters. The molecule has 3 N–H and O–H groups in total. The maximum atomic E-state index is 13.2. The van der Waals surface area contributed by atoms with Crippen molar-refractivity contribution in [2.45, 2.75) is 18.5 Å². The summed E-state index contributed by atoms with van der Waals surface area (Å²) in [4.78, 5) is 31.2. The standard InChI is InChI=1S/C32H27N5O3S/c38-28(34-25-11-5-8-21-7-1-2-9-24(21)25)17-20-37-30(29(35-32(37)41)26-10-3-4-18-33-26)27-12-6-19-36(27)23-15-13-22(14-16-23)31(39)40/h1-16,18-19,29-30H,17,20H2,(H,34,38)(H,35,41)(H,39,40)/t29-,30-/m1/s1. The molecule has 2 aromatic heterocycles. The van der Waals surface area contributed by atoms with Crippen molar-refractivity contribution in [3.63, 3.8) is 0 Å². The Labute approximate surface area is 242 Å². The number of fused-ring (bicyclic) bond motifs is 1. The monoisotopic (exact) mass is 561 g/mol. The van der Waals surface area contributed by atoms with Crippen molar-refractivity contribution in [2.24, 2.45) is 0 Å². The summed E-state index contributed by atoms with van der Waals surface area (Å²) in [5.74, 6) is -1.08. The summed E-state index contributed by atoms with van der Waals surface area (Å²) in [6.45, 7) is 0.388. The molecule has 6 rings (SSSR count). The molecular formula is C32H27N5O3S. The zero-order valence-electron chi connectivity index (χ0n) is 22.0. The minimum absolute atomic E-state index is 0.108. The number of amides is 1. The summed E-state index contributed by atoms with van der Waals surface area (Å²) in [6.07, 6.45) is 3.92. The molecule has 5 aromatic rings. The van der Waals surface area contributed by atoms with E-state index in [1.807, 2.05) is 88.5 Å². The lowest BCUT2D eigenvalue weighted by Crippen LogP contribution is -2.33. The molecule has 0 saturated carbocycles. The number of aromatic carboxylic acids is 1. The SMILES string of the molecule is O=C(CCN1C(=S)N[C@H](c2ccccn2)[C@H]1c1cccn1-c1ccc(C(=O)O)cc1)Nc1cccc2ccccc12. The molecule has 0 spiro atoms. The molecule has 0 aliphatic carbocycles. The molecule has 1 saturated heterocycles. The molecular weight excluding hydrogens is 534 g/mol. The fourth-order valence-electron chi connectivity index (χ4n) is 5.37. The number of carbonyl (C=O) groups is 2. The molecule has 204 valence electrons. The Morgan fingerprint density at radius 1 is 0.927 bits per heavy atom. The van der Waals surface area contributed by atoms with E-state index in [1.54, 1.807) is 30.5 Å². The fourth-order valence-corrected chi connectivity index (χ4v) is 5.70. The maximum absolute atomic E-state index is 13.2. The van der Waals surface area contributed by atoms with E-state index in [0.29, 0.717) is 11.7 Å². The Kier molecular flexibility index (Phi) is 7.18. The molecule has 1 aliphatic rings. The molecule has 1 amide bonds. The van der Waals surface area contributed by atoms with E-state index in [1.165, 1.54) is 0 Å². The largest absolute Gasteiger partial charge is 0.478 e. The lowest BCUT2D eigenvalue weighted by atomic mass is 10.0. The first-order chi connectivity index (χ1) is 20.0. The van der Waals surface area contributed by atoms with Gasteiger partial charge in [0.1, 0.15) is 0 Å². The normalized spacial score (nSPS) is 16.5. The highest BCUT2D eigenvalue weighted by Gasteiger charge is 2.41. The number of nitrogens with zero attached hydrogens (tertiary/aromatic N) is 3. The van der Waals surface area contributed by atoms with Crippen LogP contribution < -0.4 is 10.6 Å². The summed E-state index contributed by atoms with van der Waals surface area (Å²) < 4.78 is 2.02. The minimum atomic E-state index is -0.974. The second kappa shape index (κ2) is 11.2. The van der Waals surface area contributed by atoms with Gasteiger partial charge in [-0.05, 0) is 72.2 Å². The number of rotatable bonds is 8. The zero-order valence-corrected chi connectivity index (χ0v) is 22.8. The van der Waals surface area contributed by atoms with Gasteiger partial charge in [-0.3, -0.25) is 9.78 Å². The number of carbonyl (C=O) groups excluding carboxylic acids is 1. The van der Waals surface area contributed by atoms with Crippen LogP contribution in [0.3, 0.4) is 0 Å². The molecule has 0 bridgehead atoms. The molecule has 41 heavy (non-hydrogen) atoms. The summed E-state index contributed by atoms with van der Waals surface area (Å²) in [5, 5.41) is 18.4. The molecule has 0 unspecified atom stereocenters. The van der Waals surface area contributed by atoms with Gasteiger partial charge in [-0.2, -0.15) is 0 Å². The van der Waals surface area contributed by atoms with Crippen LogP contribution in [0.1, 0.15) is 40.3 Å². The van der Waals surface area contributed by atoms with Gasteiger partial charge in [-0.15, -0.1) is 0 Å². The topological polar surface area (TPSA) is 99.5 Å². The fraction of sp³-hybridized carbons (Fsp3) is 0.125. The van der Waals surface area contributed by atoms with Crippen LogP contribution in [0, 0.1) is 0 Å². The van der Waals surface area contributed by atoms with Gasteiger partial charge in [0.15, 0.2) is 5.11 Å². The number of nitrogens with one attached hydrogen (secondary N) is 2. The second-order valence-corrected chi connectivity index (χ2v) is 10.2. The predicted molar refractivity (Wildman–Crippen MR) is 162 cm³/mol. The minimum Gasteiger partial charge on any atom is -0.478 e. The molecule has 8 nitrogen and oxygen atoms in total.